The summed E-state index contributed by atoms with van der Waals surface area (Å²) in [6.07, 6.45) is 0. The first-order valence-corrected chi connectivity index (χ1v) is 10.8. The zero-order valence-electron chi connectivity index (χ0n) is 15.1. The van der Waals surface area contributed by atoms with E-state index in [9.17, 15) is 9.59 Å². The Morgan fingerprint density at radius 2 is 1.96 bits per heavy atom. The molecule has 2 aromatic rings. The average Bonchev–Trinajstić information content (AvgIpc) is 2.80. The summed E-state index contributed by atoms with van der Waals surface area (Å²) < 4.78 is 17.6. The molecular weight excluding hydrogens is 326 g/mol. The molecule has 1 aromatic heterocycles. The monoisotopic (exact) mass is 351 g/mol. The number of hydrogen-bond acceptors (Lipinski definition) is 5. The first-order valence-electron chi connectivity index (χ1n) is 7.92. The topological polar surface area (TPSA) is 70.7 Å². The first-order chi connectivity index (χ1) is 11.1. The van der Waals surface area contributed by atoms with Crippen LogP contribution < -0.4 is 5.76 Å². The van der Waals surface area contributed by atoms with Crippen molar-refractivity contribution in [2.75, 3.05) is 13.7 Å². The lowest BCUT2D eigenvalue weighted by molar-refractivity contribution is 0.0600. The number of hydrogen-bond donors (Lipinski definition) is 0. The fourth-order valence-electron chi connectivity index (χ4n) is 2.13. The molecule has 0 radical (unpaired) electrons. The SMILES string of the molecule is COC(=O)c1ccc2c(c1)oc(=O)n2CCO[Si](C)(C)C(C)(C)C. The van der Waals surface area contributed by atoms with Gasteiger partial charge in [0.2, 0.25) is 0 Å². The van der Waals surface area contributed by atoms with Gasteiger partial charge in [-0.25, -0.2) is 9.59 Å². The van der Waals surface area contributed by atoms with E-state index in [0.29, 0.717) is 29.8 Å². The van der Waals surface area contributed by atoms with Crippen molar-refractivity contribution in [3.05, 3.63) is 34.3 Å². The highest BCUT2D eigenvalue weighted by atomic mass is 28.4. The van der Waals surface area contributed by atoms with E-state index in [0.717, 1.165) is 0 Å². The Morgan fingerprint density at radius 3 is 2.54 bits per heavy atom. The third-order valence-electron chi connectivity index (χ3n) is 4.67. The lowest BCUT2D eigenvalue weighted by Crippen LogP contribution is -2.41. The van der Waals surface area contributed by atoms with Gasteiger partial charge < -0.3 is 13.6 Å². The van der Waals surface area contributed by atoms with Crippen LogP contribution >= 0.6 is 0 Å². The van der Waals surface area contributed by atoms with Gasteiger partial charge in [-0.3, -0.25) is 4.57 Å². The maximum atomic E-state index is 12.1. The second-order valence-corrected chi connectivity index (χ2v) is 12.1. The number of aromatic nitrogens is 1. The molecule has 0 aliphatic heterocycles. The summed E-state index contributed by atoms with van der Waals surface area (Å²) in [5, 5.41) is 0.117. The zero-order chi connectivity index (χ0) is 18.1. The van der Waals surface area contributed by atoms with Crippen LogP contribution in [0.3, 0.4) is 0 Å². The Kier molecular flexibility index (Phi) is 5.05. The number of carbonyl (C=O) groups excluding carboxylic acids is 1. The van der Waals surface area contributed by atoms with Crippen molar-refractivity contribution in [1.29, 1.82) is 0 Å². The highest BCUT2D eigenvalue weighted by Crippen LogP contribution is 2.36. The second-order valence-electron chi connectivity index (χ2n) is 7.30. The van der Waals surface area contributed by atoms with Crippen molar-refractivity contribution in [3.63, 3.8) is 0 Å². The summed E-state index contributed by atoms with van der Waals surface area (Å²) in [4.78, 5) is 23.6. The molecule has 0 aliphatic rings. The molecule has 0 fully saturated rings. The number of esters is 1. The van der Waals surface area contributed by atoms with E-state index in [1.165, 1.54) is 17.7 Å². The van der Waals surface area contributed by atoms with Gasteiger partial charge in [0.1, 0.15) is 0 Å². The van der Waals surface area contributed by atoms with E-state index < -0.39 is 20.0 Å². The second kappa shape index (κ2) is 6.56. The molecule has 1 aromatic carbocycles. The molecule has 0 unspecified atom stereocenters. The van der Waals surface area contributed by atoms with Crippen molar-refractivity contribution in [1.82, 2.24) is 4.57 Å². The summed E-state index contributed by atoms with van der Waals surface area (Å²) in [5.74, 6) is -0.917. The third-order valence-corrected chi connectivity index (χ3v) is 9.21. The standard InChI is InChI=1S/C17H25NO5Si/c1-17(2,3)24(5,6)22-10-9-18-13-8-7-12(15(19)21-4)11-14(13)23-16(18)20/h7-8,11H,9-10H2,1-6H3. The summed E-state index contributed by atoms with van der Waals surface area (Å²) >= 11 is 0. The smallest absolute Gasteiger partial charge is 0.420 e. The van der Waals surface area contributed by atoms with Crippen molar-refractivity contribution in [3.8, 4) is 0 Å². The highest BCUT2D eigenvalue weighted by Gasteiger charge is 2.36. The zero-order valence-corrected chi connectivity index (χ0v) is 16.1. The molecule has 2 rings (SSSR count). The van der Waals surface area contributed by atoms with Gasteiger partial charge in [-0.05, 0) is 36.3 Å². The van der Waals surface area contributed by atoms with Crippen molar-refractivity contribution in [2.24, 2.45) is 0 Å². The third kappa shape index (κ3) is 3.62. The van der Waals surface area contributed by atoms with E-state index in [2.05, 4.69) is 38.6 Å². The number of oxazole rings is 1. The number of nitrogens with zero attached hydrogens (tertiary/aromatic N) is 1. The van der Waals surface area contributed by atoms with Gasteiger partial charge in [-0.15, -0.1) is 0 Å². The van der Waals surface area contributed by atoms with E-state index in [4.69, 9.17) is 8.84 Å². The predicted molar refractivity (Wildman–Crippen MR) is 95.0 cm³/mol. The number of fused-ring (bicyclic) bond motifs is 1. The van der Waals surface area contributed by atoms with Crippen molar-refractivity contribution in [2.45, 2.75) is 45.4 Å². The fourth-order valence-corrected chi connectivity index (χ4v) is 3.17. The van der Waals surface area contributed by atoms with E-state index in [-0.39, 0.29) is 5.04 Å². The quantitative estimate of drug-likeness (QED) is 0.610. The Hall–Kier alpha value is -1.86. The number of ether oxygens (including phenoxy) is 1. The number of rotatable bonds is 5. The maximum Gasteiger partial charge on any atom is 0.420 e. The number of benzene rings is 1. The molecule has 7 heteroatoms. The van der Waals surface area contributed by atoms with Gasteiger partial charge in [0, 0.05) is 0 Å². The van der Waals surface area contributed by atoms with Gasteiger partial charge in [0.05, 0.1) is 31.3 Å². The van der Waals surface area contributed by atoms with Crippen LogP contribution in [0.2, 0.25) is 18.1 Å². The highest BCUT2D eigenvalue weighted by molar-refractivity contribution is 6.74. The normalized spacial score (nSPS) is 12.6. The van der Waals surface area contributed by atoms with Crippen LogP contribution in [0.1, 0.15) is 31.1 Å². The first kappa shape index (κ1) is 18.5. The molecule has 0 spiro atoms. The molecule has 0 bridgehead atoms. The lowest BCUT2D eigenvalue weighted by Gasteiger charge is -2.36. The number of carbonyl (C=O) groups is 1. The van der Waals surface area contributed by atoms with Gasteiger partial charge in [-0.2, -0.15) is 0 Å². The molecule has 0 N–H and O–H groups in total. The van der Waals surface area contributed by atoms with Crippen LogP contribution in [0.15, 0.2) is 27.4 Å². The fraction of sp³-hybridized carbons (Fsp3) is 0.529. The minimum absolute atomic E-state index is 0.117. The predicted octanol–water partition coefficient (Wildman–Crippen LogP) is 3.40. The Morgan fingerprint density at radius 1 is 1.29 bits per heavy atom. The largest absolute Gasteiger partial charge is 0.465 e. The Labute approximate surface area is 142 Å². The molecule has 0 saturated carbocycles. The summed E-state index contributed by atoms with van der Waals surface area (Å²) in [5.41, 5.74) is 1.37. The molecule has 0 saturated heterocycles. The van der Waals surface area contributed by atoms with Crippen molar-refractivity contribution < 1.29 is 18.4 Å². The minimum Gasteiger partial charge on any atom is -0.465 e. The minimum atomic E-state index is -1.86. The van der Waals surface area contributed by atoms with Crippen LogP contribution in [0.5, 0.6) is 0 Å². The molecular formula is C17H25NO5Si. The van der Waals surface area contributed by atoms with Crippen LogP contribution in [-0.4, -0.2) is 32.6 Å². The summed E-state index contributed by atoms with van der Waals surface area (Å²) in [7, 11) is -0.548. The molecule has 0 atom stereocenters. The number of methoxy groups -OCH3 is 1. The van der Waals surface area contributed by atoms with Gasteiger partial charge in [0.15, 0.2) is 13.9 Å². The molecule has 0 amide bonds. The van der Waals surface area contributed by atoms with Gasteiger partial charge >= 0.3 is 11.7 Å². The van der Waals surface area contributed by atoms with Crippen LogP contribution in [0.4, 0.5) is 0 Å². The van der Waals surface area contributed by atoms with Crippen LogP contribution in [0, 0.1) is 0 Å². The van der Waals surface area contributed by atoms with Crippen LogP contribution in [-0.2, 0) is 15.7 Å². The van der Waals surface area contributed by atoms with Gasteiger partial charge in [-0.1, -0.05) is 20.8 Å². The lowest BCUT2D eigenvalue weighted by atomic mass is 10.2. The van der Waals surface area contributed by atoms with Gasteiger partial charge in [0.25, 0.3) is 0 Å². The van der Waals surface area contributed by atoms with Crippen molar-refractivity contribution >= 4 is 25.4 Å². The average molecular weight is 351 g/mol. The van der Waals surface area contributed by atoms with E-state index >= 15 is 0 Å². The molecule has 6 nitrogen and oxygen atoms in total. The molecule has 1 heterocycles. The summed E-state index contributed by atoms with van der Waals surface area (Å²) in [6, 6.07) is 4.83. The van der Waals surface area contributed by atoms with Crippen LogP contribution in [0.25, 0.3) is 11.1 Å². The Balaban J connectivity index is 2.20. The van der Waals surface area contributed by atoms with E-state index in [1.807, 2.05) is 0 Å². The molecule has 132 valence electrons. The summed E-state index contributed by atoms with van der Waals surface area (Å²) in [6.45, 7) is 11.7. The maximum absolute atomic E-state index is 12.1. The Bertz CT molecular complexity index is 797. The molecule has 0 aliphatic carbocycles. The van der Waals surface area contributed by atoms with E-state index in [1.54, 1.807) is 12.1 Å². The molecule has 24 heavy (non-hydrogen) atoms.